The summed E-state index contributed by atoms with van der Waals surface area (Å²) in [6.45, 7) is 0.895. The molecule has 1 aromatic rings. The topological polar surface area (TPSA) is 87.3 Å². The average molecular weight is 375 g/mol. The second-order valence-electron chi connectivity index (χ2n) is 7.36. The molecule has 4 rings (SSSR count). The van der Waals surface area contributed by atoms with E-state index in [1.165, 1.54) is 22.3 Å². The molecule has 0 aromatic heterocycles. The monoisotopic (exact) mass is 375 g/mol. The first kappa shape index (κ1) is 17.5. The minimum atomic E-state index is -3.80. The van der Waals surface area contributed by atoms with Crippen molar-refractivity contribution in [1.82, 2.24) is 10.0 Å². The summed E-state index contributed by atoms with van der Waals surface area (Å²) in [6, 6.07) is 1.41. The molecule has 3 N–H and O–H groups in total. The minimum Gasteiger partial charge on any atom is -0.310 e. The van der Waals surface area contributed by atoms with E-state index in [1.54, 1.807) is 6.08 Å². The van der Waals surface area contributed by atoms with E-state index in [9.17, 15) is 13.2 Å². The van der Waals surface area contributed by atoms with Crippen LogP contribution in [0.3, 0.4) is 0 Å². The van der Waals surface area contributed by atoms with Crippen molar-refractivity contribution in [3.63, 3.8) is 0 Å². The lowest BCUT2D eigenvalue weighted by molar-refractivity contribution is 0.256. The summed E-state index contributed by atoms with van der Waals surface area (Å²) < 4.78 is 26.3. The number of urea groups is 1. The van der Waals surface area contributed by atoms with Gasteiger partial charge in [0.1, 0.15) is 0 Å². The number of sulfonamides is 1. The van der Waals surface area contributed by atoms with Crippen LogP contribution in [-0.2, 0) is 35.7 Å². The molecular weight excluding hydrogens is 350 g/mol. The Labute approximate surface area is 154 Å². The predicted molar refractivity (Wildman–Crippen MR) is 102 cm³/mol. The van der Waals surface area contributed by atoms with Gasteiger partial charge in [-0.1, -0.05) is 6.08 Å². The van der Waals surface area contributed by atoms with Crippen LogP contribution in [0.1, 0.15) is 47.9 Å². The Balaban J connectivity index is 1.46. The maximum atomic E-state index is 12.3. The molecule has 0 bridgehead atoms. The number of hydrogen-bond acceptors (Lipinski definition) is 4. The molecule has 1 aliphatic heterocycles. The van der Waals surface area contributed by atoms with Crippen LogP contribution in [0.2, 0.25) is 0 Å². The van der Waals surface area contributed by atoms with Gasteiger partial charge in [0.2, 0.25) is 0 Å². The Bertz CT molecular complexity index is 855. The van der Waals surface area contributed by atoms with Gasteiger partial charge in [-0.3, -0.25) is 0 Å². The molecule has 1 aromatic carbocycles. The largest absolute Gasteiger partial charge is 0.333 e. The maximum absolute atomic E-state index is 12.3. The molecule has 1 unspecified atom stereocenters. The van der Waals surface area contributed by atoms with Crippen molar-refractivity contribution in [2.24, 2.45) is 0 Å². The van der Waals surface area contributed by atoms with Crippen molar-refractivity contribution < 1.29 is 13.2 Å². The number of anilines is 1. The highest BCUT2D eigenvalue weighted by Crippen LogP contribution is 2.38. The molecule has 26 heavy (non-hydrogen) atoms. The Hall–Kier alpha value is -1.86. The summed E-state index contributed by atoms with van der Waals surface area (Å²) in [5.41, 5.74) is 6.10. The lowest BCUT2D eigenvalue weighted by Gasteiger charge is -2.15. The van der Waals surface area contributed by atoms with Gasteiger partial charge in [-0.05, 0) is 86.2 Å². The van der Waals surface area contributed by atoms with Crippen molar-refractivity contribution in [3.05, 3.63) is 39.8 Å². The van der Waals surface area contributed by atoms with Gasteiger partial charge in [0.25, 0.3) is 10.0 Å². The van der Waals surface area contributed by atoms with Crippen LogP contribution < -0.4 is 15.4 Å². The molecule has 1 heterocycles. The van der Waals surface area contributed by atoms with E-state index < -0.39 is 16.1 Å². The second-order valence-corrected chi connectivity index (χ2v) is 8.92. The van der Waals surface area contributed by atoms with E-state index in [2.05, 4.69) is 15.4 Å². The van der Waals surface area contributed by atoms with Crippen molar-refractivity contribution in [2.75, 3.05) is 11.9 Å². The van der Waals surface area contributed by atoms with Gasteiger partial charge < -0.3 is 10.6 Å². The summed E-state index contributed by atoms with van der Waals surface area (Å²) in [5.74, 6) is 0. The van der Waals surface area contributed by atoms with Gasteiger partial charge in [-0.25, -0.2) is 17.9 Å². The highest BCUT2D eigenvalue weighted by molar-refractivity contribution is 7.92. The molecule has 3 aliphatic rings. The van der Waals surface area contributed by atoms with Crippen LogP contribution in [0.5, 0.6) is 0 Å². The second kappa shape index (κ2) is 7.04. The van der Waals surface area contributed by atoms with Crippen molar-refractivity contribution in [2.45, 2.75) is 57.4 Å². The molecule has 6 nitrogen and oxygen atoms in total. The average Bonchev–Trinajstić information content (AvgIpc) is 3.32. The molecule has 0 radical (unpaired) electrons. The Morgan fingerprint density at radius 3 is 2.65 bits per heavy atom. The molecule has 2 amide bonds. The molecule has 140 valence electrons. The molecule has 2 aliphatic carbocycles. The number of nitrogens with one attached hydrogen (secondary N) is 3. The van der Waals surface area contributed by atoms with Crippen molar-refractivity contribution in [1.29, 1.82) is 0 Å². The first-order valence-corrected chi connectivity index (χ1v) is 11.0. The highest BCUT2D eigenvalue weighted by atomic mass is 32.2. The SMILES string of the molecule is O=C(Nc1cc2c(c3c1CCC3)CCC2)NS(=O)(=O)/C=C/C1CCCN1. The number of carbonyl (C=O) groups is 1. The van der Waals surface area contributed by atoms with Gasteiger partial charge in [0.05, 0.1) is 0 Å². The molecular formula is C19H25N3O3S. The zero-order valence-corrected chi connectivity index (χ0v) is 15.6. The standard InChI is InChI=1S/C19H25N3O3S/c23-19(22-26(24,25)11-9-14-5-3-10-20-14)21-18-12-13-4-1-6-15(13)16-7-2-8-17(16)18/h9,11-12,14,20H,1-8,10H2,(H2,21,22,23)/b11-9+. The molecule has 0 spiro atoms. The van der Waals surface area contributed by atoms with Crippen LogP contribution in [0, 0.1) is 0 Å². The van der Waals surface area contributed by atoms with Gasteiger partial charge >= 0.3 is 6.03 Å². The zero-order chi connectivity index (χ0) is 18.1. The number of rotatable bonds is 4. The smallest absolute Gasteiger partial charge is 0.310 e. The normalized spacial score (nSPS) is 21.8. The fourth-order valence-electron chi connectivity index (χ4n) is 4.40. The first-order valence-electron chi connectivity index (χ1n) is 9.44. The van der Waals surface area contributed by atoms with Crippen LogP contribution in [0.15, 0.2) is 17.6 Å². The van der Waals surface area contributed by atoms with Crippen LogP contribution >= 0.6 is 0 Å². The van der Waals surface area contributed by atoms with Crippen LogP contribution in [-0.4, -0.2) is 27.0 Å². The zero-order valence-electron chi connectivity index (χ0n) is 14.8. The number of benzene rings is 1. The first-order chi connectivity index (χ1) is 12.5. The maximum Gasteiger partial charge on any atom is 0.333 e. The van der Waals surface area contributed by atoms with E-state index in [0.717, 1.165) is 69.0 Å². The van der Waals surface area contributed by atoms with Gasteiger partial charge in [0, 0.05) is 17.1 Å². The Morgan fingerprint density at radius 1 is 1.08 bits per heavy atom. The summed E-state index contributed by atoms with van der Waals surface area (Å²) in [5, 5.41) is 7.06. The van der Waals surface area contributed by atoms with Gasteiger partial charge in [-0.2, -0.15) is 0 Å². The summed E-state index contributed by atoms with van der Waals surface area (Å²) in [7, 11) is -3.80. The fraction of sp³-hybridized carbons (Fsp3) is 0.526. The lowest BCUT2D eigenvalue weighted by Crippen LogP contribution is -2.33. The van der Waals surface area contributed by atoms with Crippen LogP contribution in [0.25, 0.3) is 0 Å². The molecule has 0 saturated carbocycles. The highest BCUT2D eigenvalue weighted by Gasteiger charge is 2.25. The summed E-state index contributed by atoms with van der Waals surface area (Å²) in [4.78, 5) is 12.3. The number of aryl methyl sites for hydroxylation is 1. The number of fused-ring (bicyclic) bond motifs is 3. The fourth-order valence-corrected chi connectivity index (χ4v) is 5.18. The molecule has 1 fully saturated rings. The number of hydrogen-bond donors (Lipinski definition) is 3. The Kier molecular flexibility index (Phi) is 4.75. The van der Waals surface area contributed by atoms with Crippen LogP contribution in [0.4, 0.5) is 10.5 Å². The van der Waals surface area contributed by atoms with E-state index in [1.807, 2.05) is 6.07 Å². The third-order valence-electron chi connectivity index (χ3n) is 5.56. The van der Waals surface area contributed by atoms with Gasteiger partial charge in [-0.15, -0.1) is 0 Å². The van der Waals surface area contributed by atoms with E-state index >= 15 is 0 Å². The summed E-state index contributed by atoms with van der Waals surface area (Å²) >= 11 is 0. The van der Waals surface area contributed by atoms with Crippen molar-refractivity contribution in [3.8, 4) is 0 Å². The molecule has 1 saturated heterocycles. The third-order valence-corrected chi connectivity index (χ3v) is 6.54. The number of amides is 2. The molecule has 1 atom stereocenters. The molecule has 7 heteroatoms. The van der Waals surface area contributed by atoms with Gasteiger partial charge in [0.15, 0.2) is 0 Å². The lowest BCUT2D eigenvalue weighted by atomic mass is 9.98. The Morgan fingerprint density at radius 2 is 1.85 bits per heavy atom. The predicted octanol–water partition coefficient (Wildman–Crippen LogP) is 2.38. The van der Waals surface area contributed by atoms with E-state index in [-0.39, 0.29) is 6.04 Å². The van der Waals surface area contributed by atoms with Crippen molar-refractivity contribution >= 4 is 21.7 Å². The minimum absolute atomic E-state index is 0.0645. The quantitative estimate of drug-likeness (QED) is 0.754. The van der Waals surface area contributed by atoms with E-state index in [0.29, 0.717) is 0 Å². The number of carbonyl (C=O) groups excluding carboxylic acids is 1. The van der Waals surface area contributed by atoms with E-state index in [4.69, 9.17) is 0 Å². The third kappa shape index (κ3) is 3.64. The summed E-state index contributed by atoms with van der Waals surface area (Å²) in [6.07, 6.45) is 9.97.